The number of fused-ring (bicyclic) bond motifs is 7. The number of nitrogens with one attached hydrogen (secondary N) is 2. The molecule has 5 rings (SSSR count). The first-order chi connectivity index (χ1) is 20.0. The summed E-state index contributed by atoms with van der Waals surface area (Å²) >= 11 is 0. The van der Waals surface area contributed by atoms with Crippen LogP contribution >= 0.6 is 0 Å². The van der Waals surface area contributed by atoms with Crippen LogP contribution in [0, 0.1) is 56.7 Å². The molecule has 5 fully saturated rings. The van der Waals surface area contributed by atoms with Crippen molar-refractivity contribution < 1.29 is 24.6 Å². The largest absolute Gasteiger partial charge is 0.480 e. The molecule has 0 radical (unpaired) electrons. The zero-order chi connectivity index (χ0) is 31.6. The summed E-state index contributed by atoms with van der Waals surface area (Å²) in [5.74, 6) is 1.08. The van der Waals surface area contributed by atoms with Gasteiger partial charge in [-0.2, -0.15) is 0 Å². The zero-order valence-corrected chi connectivity index (χ0v) is 27.7. The van der Waals surface area contributed by atoms with Crippen molar-refractivity contribution in [3.63, 3.8) is 0 Å². The molecule has 4 N–H and O–H groups in total. The maximum Gasteiger partial charge on any atom is 0.322 e. The Morgan fingerprint density at radius 3 is 2.23 bits per heavy atom. The van der Waals surface area contributed by atoms with Crippen LogP contribution in [0.4, 0.5) is 0 Å². The van der Waals surface area contributed by atoms with E-state index >= 15 is 0 Å². The van der Waals surface area contributed by atoms with E-state index in [4.69, 9.17) is 5.11 Å². The second-order valence-corrected chi connectivity index (χ2v) is 16.7. The Morgan fingerprint density at radius 2 is 1.56 bits per heavy atom. The standard InChI is InChI=1S/C36H58N2O5/c1-22(2)23-12-17-36(31(43)37-20-8-9-28(40)38-21-29(41)42)19-18-34(6)24(30(23)36)10-11-26-33(5)15-14-27(39)32(3,4)25(33)13-16-35(26,34)7/h23-27,30,39H,1,8-21H2,2-7H3,(H,37,43)(H,38,40)(H,41,42)/t23-,24?,25-,26+,27-,30?,33-,34+,35+,36-/m0/s1. The second kappa shape index (κ2) is 11.2. The van der Waals surface area contributed by atoms with Crippen molar-refractivity contribution in [3.8, 4) is 0 Å². The summed E-state index contributed by atoms with van der Waals surface area (Å²) in [5, 5.41) is 25.4. The maximum absolute atomic E-state index is 14.2. The normalized spacial score (nSPS) is 44.6. The van der Waals surface area contributed by atoms with Gasteiger partial charge in [0.25, 0.3) is 0 Å². The Hall–Kier alpha value is -1.89. The Kier molecular flexibility index (Phi) is 8.44. The monoisotopic (exact) mass is 598 g/mol. The molecule has 5 aliphatic carbocycles. The van der Waals surface area contributed by atoms with E-state index in [1.54, 1.807) is 0 Å². The number of aliphatic carboxylic acids is 1. The van der Waals surface area contributed by atoms with Gasteiger partial charge in [0.2, 0.25) is 11.8 Å². The molecular weight excluding hydrogens is 540 g/mol. The lowest BCUT2D eigenvalue weighted by molar-refractivity contribution is -0.246. The Balaban J connectivity index is 1.37. The minimum Gasteiger partial charge on any atom is -0.480 e. The number of carboxylic acids is 1. The summed E-state index contributed by atoms with van der Waals surface area (Å²) in [7, 11) is 0. The highest BCUT2D eigenvalue weighted by molar-refractivity contribution is 5.84. The number of carboxylic acid groups (broad SMARTS) is 1. The summed E-state index contributed by atoms with van der Waals surface area (Å²) in [6.07, 6.45) is 11.1. The van der Waals surface area contributed by atoms with E-state index in [9.17, 15) is 19.5 Å². The van der Waals surface area contributed by atoms with Crippen LogP contribution in [0.2, 0.25) is 0 Å². The molecule has 0 aromatic heterocycles. The van der Waals surface area contributed by atoms with Crippen molar-refractivity contribution in [1.82, 2.24) is 10.6 Å². The van der Waals surface area contributed by atoms with Gasteiger partial charge < -0.3 is 20.8 Å². The summed E-state index contributed by atoms with van der Waals surface area (Å²) < 4.78 is 0. The predicted molar refractivity (Wildman–Crippen MR) is 168 cm³/mol. The van der Waals surface area contributed by atoms with Gasteiger partial charge in [0.05, 0.1) is 11.5 Å². The van der Waals surface area contributed by atoms with Gasteiger partial charge in [-0.05, 0) is 129 Å². The third-order valence-electron chi connectivity index (χ3n) is 14.8. The summed E-state index contributed by atoms with van der Waals surface area (Å²) in [5.41, 5.74) is 1.35. The molecule has 0 aliphatic heterocycles. The molecule has 0 spiro atoms. The zero-order valence-electron chi connectivity index (χ0n) is 27.7. The minimum absolute atomic E-state index is 0.0562. The predicted octanol–water partition coefficient (Wildman–Crippen LogP) is 6.10. The van der Waals surface area contributed by atoms with Gasteiger partial charge in [-0.25, -0.2) is 0 Å². The topological polar surface area (TPSA) is 116 Å². The molecule has 2 unspecified atom stereocenters. The molecule has 2 amide bonds. The van der Waals surface area contributed by atoms with E-state index in [-0.39, 0.29) is 63.9 Å². The first-order valence-electron chi connectivity index (χ1n) is 17.1. The average Bonchev–Trinajstić information content (AvgIpc) is 3.34. The van der Waals surface area contributed by atoms with Gasteiger partial charge in [-0.1, -0.05) is 46.8 Å². The number of allylic oxidation sites excluding steroid dienone is 1. The van der Waals surface area contributed by atoms with Gasteiger partial charge in [0.15, 0.2) is 0 Å². The molecule has 7 nitrogen and oxygen atoms in total. The average molecular weight is 599 g/mol. The fraction of sp³-hybridized carbons (Fsp3) is 0.861. The van der Waals surface area contributed by atoms with Crippen LogP contribution in [0.25, 0.3) is 0 Å². The molecule has 0 aromatic carbocycles. The maximum atomic E-state index is 14.2. The molecule has 242 valence electrons. The smallest absolute Gasteiger partial charge is 0.322 e. The number of aliphatic hydroxyl groups excluding tert-OH is 1. The van der Waals surface area contributed by atoms with Gasteiger partial charge in [-0.3, -0.25) is 14.4 Å². The second-order valence-electron chi connectivity index (χ2n) is 16.7. The fourth-order valence-corrected chi connectivity index (χ4v) is 12.4. The lowest BCUT2D eigenvalue weighted by atomic mass is 9.32. The number of hydrogen-bond donors (Lipinski definition) is 4. The molecule has 0 heterocycles. The van der Waals surface area contributed by atoms with E-state index in [0.717, 1.165) is 44.9 Å². The van der Waals surface area contributed by atoms with Crippen LogP contribution in [-0.2, 0) is 14.4 Å². The molecule has 10 atom stereocenters. The molecule has 43 heavy (non-hydrogen) atoms. The van der Waals surface area contributed by atoms with Crippen LogP contribution in [0.3, 0.4) is 0 Å². The Bertz CT molecular complexity index is 1150. The van der Waals surface area contributed by atoms with Crippen molar-refractivity contribution in [3.05, 3.63) is 12.2 Å². The molecule has 0 bridgehead atoms. The van der Waals surface area contributed by atoms with Gasteiger partial charge >= 0.3 is 5.97 Å². The van der Waals surface area contributed by atoms with E-state index in [1.807, 2.05) is 0 Å². The Labute approximate surface area is 259 Å². The third kappa shape index (κ3) is 4.89. The van der Waals surface area contributed by atoms with Crippen molar-refractivity contribution in [2.24, 2.45) is 56.7 Å². The molecule has 5 saturated carbocycles. The SMILES string of the molecule is C=C(C)[C@@H]1CC[C@]2(C(=O)NCCCC(=O)NCC(=O)O)CC[C@]3(C)C(CC[C@@H]4[C@@]5(C)CC[C@H](O)C(C)(C)[C@@H]5CC[C@]43C)C12. The van der Waals surface area contributed by atoms with Gasteiger partial charge in [0, 0.05) is 13.0 Å². The molecule has 0 aromatic rings. The first kappa shape index (κ1) is 32.5. The highest BCUT2D eigenvalue weighted by Gasteiger charge is 2.71. The lowest BCUT2D eigenvalue weighted by Crippen LogP contribution is -2.67. The number of carbonyl (C=O) groups excluding carboxylic acids is 2. The lowest BCUT2D eigenvalue weighted by Gasteiger charge is -2.72. The number of hydrogen-bond acceptors (Lipinski definition) is 4. The molecular formula is C36H58N2O5. The van der Waals surface area contributed by atoms with E-state index in [1.165, 1.54) is 24.8 Å². The van der Waals surface area contributed by atoms with Crippen LogP contribution in [0.5, 0.6) is 0 Å². The highest BCUT2D eigenvalue weighted by atomic mass is 16.4. The summed E-state index contributed by atoms with van der Waals surface area (Å²) in [6.45, 7) is 19.0. The van der Waals surface area contributed by atoms with Gasteiger partial charge in [0.1, 0.15) is 6.54 Å². The van der Waals surface area contributed by atoms with E-state index in [2.05, 4.69) is 58.8 Å². The summed E-state index contributed by atoms with van der Waals surface area (Å²) in [6, 6.07) is 0. The van der Waals surface area contributed by atoms with Crippen molar-refractivity contribution in [2.45, 2.75) is 125 Å². The fourth-order valence-electron chi connectivity index (χ4n) is 12.4. The van der Waals surface area contributed by atoms with Crippen LogP contribution in [-0.4, -0.2) is 47.2 Å². The molecule has 5 aliphatic rings. The quantitative estimate of drug-likeness (QED) is 0.199. The third-order valence-corrected chi connectivity index (χ3v) is 14.8. The number of aliphatic hydroxyl groups is 1. The van der Waals surface area contributed by atoms with Crippen molar-refractivity contribution >= 4 is 17.8 Å². The van der Waals surface area contributed by atoms with Crippen molar-refractivity contribution in [2.75, 3.05) is 13.1 Å². The Morgan fingerprint density at radius 1 is 0.837 bits per heavy atom. The van der Waals surface area contributed by atoms with E-state index in [0.29, 0.717) is 36.6 Å². The minimum atomic E-state index is -1.06. The van der Waals surface area contributed by atoms with Gasteiger partial charge in [-0.15, -0.1) is 0 Å². The van der Waals surface area contributed by atoms with Crippen LogP contribution in [0.15, 0.2) is 12.2 Å². The van der Waals surface area contributed by atoms with E-state index < -0.39 is 5.97 Å². The van der Waals surface area contributed by atoms with Crippen LogP contribution < -0.4 is 10.6 Å². The number of rotatable bonds is 8. The first-order valence-corrected chi connectivity index (χ1v) is 17.1. The summed E-state index contributed by atoms with van der Waals surface area (Å²) in [4.78, 5) is 36.9. The van der Waals surface area contributed by atoms with Crippen LogP contribution in [0.1, 0.15) is 119 Å². The number of carbonyl (C=O) groups is 3. The highest BCUT2D eigenvalue weighted by Crippen LogP contribution is 2.77. The van der Waals surface area contributed by atoms with Crippen molar-refractivity contribution in [1.29, 1.82) is 0 Å². The molecule has 0 saturated heterocycles. The molecule has 7 heteroatoms. The number of amides is 2.